The van der Waals surface area contributed by atoms with Gasteiger partial charge in [0, 0.05) is 20.3 Å². The predicted molar refractivity (Wildman–Crippen MR) is 129 cm³/mol. The van der Waals surface area contributed by atoms with Crippen molar-refractivity contribution in [1.82, 2.24) is 21.1 Å². The summed E-state index contributed by atoms with van der Waals surface area (Å²) in [6.07, 6.45) is 2.13. The van der Waals surface area contributed by atoms with Crippen molar-refractivity contribution in [2.45, 2.75) is 43.5 Å². The lowest BCUT2D eigenvalue weighted by molar-refractivity contribution is -0.134. The van der Waals surface area contributed by atoms with E-state index in [4.69, 9.17) is 14.2 Å². The number of aromatic nitrogens is 1. The van der Waals surface area contributed by atoms with Crippen LogP contribution in [0.25, 0.3) is 0 Å². The van der Waals surface area contributed by atoms with Gasteiger partial charge >= 0.3 is 0 Å². The van der Waals surface area contributed by atoms with Gasteiger partial charge in [0.05, 0.1) is 25.9 Å². The fourth-order valence-corrected chi connectivity index (χ4v) is 3.65. The topological polar surface area (TPSA) is 161 Å². The van der Waals surface area contributed by atoms with E-state index in [1.165, 1.54) is 26.5 Å². The van der Waals surface area contributed by atoms with Gasteiger partial charge in [-0.15, -0.1) is 0 Å². The van der Waals surface area contributed by atoms with E-state index in [1.54, 1.807) is 6.92 Å². The zero-order valence-corrected chi connectivity index (χ0v) is 21.0. The number of epoxide rings is 1. The van der Waals surface area contributed by atoms with Gasteiger partial charge in [0.2, 0.25) is 11.8 Å². The van der Waals surface area contributed by atoms with E-state index in [1.807, 2.05) is 30.3 Å². The number of aryl methyl sites for hydroxylation is 1. The molecule has 1 aromatic heterocycles. The molecule has 3 rings (SSSR count). The summed E-state index contributed by atoms with van der Waals surface area (Å²) in [5.41, 5.74) is 0.0583. The van der Waals surface area contributed by atoms with Crippen molar-refractivity contribution in [3.8, 4) is 0 Å². The number of hydrogen-bond donors (Lipinski definition) is 3. The molecule has 37 heavy (non-hydrogen) atoms. The molecule has 0 aliphatic carbocycles. The molecule has 1 aromatic carbocycles. The van der Waals surface area contributed by atoms with Crippen LogP contribution in [0.3, 0.4) is 0 Å². The molecular weight excluding hydrogens is 484 g/mol. The van der Waals surface area contributed by atoms with Crippen LogP contribution in [0.1, 0.15) is 29.4 Å². The number of ether oxygens (including phenoxy) is 3. The SMILES string of the molecule is COC[C@H](NC(=O)c1ccon1)C(=O)N[C@@H](COC)C(=O)N[C@@H](CCc1ccccc1)C(=O)[C@@]1(C)CO1. The molecule has 200 valence electrons. The van der Waals surface area contributed by atoms with Crippen molar-refractivity contribution in [2.75, 3.05) is 34.0 Å². The molecule has 12 nitrogen and oxygen atoms in total. The van der Waals surface area contributed by atoms with Crippen molar-refractivity contribution in [3.63, 3.8) is 0 Å². The summed E-state index contributed by atoms with van der Waals surface area (Å²) in [7, 11) is 2.74. The molecule has 3 amide bonds. The summed E-state index contributed by atoms with van der Waals surface area (Å²) in [4.78, 5) is 51.6. The largest absolute Gasteiger partial charge is 0.382 e. The average molecular weight is 517 g/mol. The maximum atomic E-state index is 13.2. The Kier molecular flexibility index (Phi) is 9.89. The second-order valence-electron chi connectivity index (χ2n) is 8.85. The highest BCUT2D eigenvalue weighted by atomic mass is 16.6. The van der Waals surface area contributed by atoms with Gasteiger partial charge in [0.25, 0.3) is 5.91 Å². The Bertz CT molecular complexity index is 1060. The Labute approximate surface area is 214 Å². The number of nitrogens with one attached hydrogen (secondary N) is 3. The van der Waals surface area contributed by atoms with E-state index in [0.717, 1.165) is 5.56 Å². The van der Waals surface area contributed by atoms with Gasteiger partial charge in [0.1, 0.15) is 23.9 Å². The number of carbonyl (C=O) groups excluding carboxylic acids is 4. The zero-order valence-electron chi connectivity index (χ0n) is 21.0. The lowest BCUT2D eigenvalue weighted by Gasteiger charge is -2.25. The van der Waals surface area contributed by atoms with Gasteiger partial charge in [-0.2, -0.15) is 0 Å². The molecular formula is C25H32N4O8. The number of rotatable bonds is 15. The minimum atomic E-state index is -1.14. The Balaban J connectivity index is 1.67. The molecule has 2 heterocycles. The first-order valence-electron chi connectivity index (χ1n) is 11.8. The normalized spacial score (nSPS) is 18.8. The monoisotopic (exact) mass is 516 g/mol. The smallest absolute Gasteiger partial charge is 0.274 e. The molecule has 3 N–H and O–H groups in total. The minimum absolute atomic E-state index is 0.0179. The van der Waals surface area contributed by atoms with Crippen molar-refractivity contribution >= 4 is 23.5 Å². The quantitative estimate of drug-likeness (QED) is 0.277. The Morgan fingerprint density at radius 3 is 2.08 bits per heavy atom. The van der Waals surface area contributed by atoms with Crippen LogP contribution in [0.15, 0.2) is 47.2 Å². The van der Waals surface area contributed by atoms with E-state index < -0.39 is 41.4 Å². The molecule has 0 radical (unpaired) electrons. The Morgan fingerprint density at radius 1 is 0.946 bits per heavy atom. The molecule has 0 spiro atoms. The highest BCUT2D eigenvalue weighted by Crippen LogP contribution is 2.29. The van der Waals surface area contributed by atoms with Crippen molar-refractivity contribution in [1.29, 1.82) is 0 Å². The van der Waals surface area contributed by atoms with Gasteiger partial charge in [0.15, 0.2) is 11.5 Å². The van der Waals surface area contributed by atoms with Crippen LogP contribution in [0.5, 0.6) is 0 Å². The van der Waals surface area contributed by atoms with Crippen molar-refractivity contribution in [3.05, 3.63) is 53.9 Å². The lowest BCUT2D eigenvalue weighted by Crippen LogP contribution is -2.58. The minimum Gasteiger partial charge on any atom is -0.382 e. The second kappa shape index (κ2) is 13.1. The van der Waals surface area contributed by atoms with Crippen LogP contribution in [0, 0.1) is 0 Å². The maximum absolute atomic E-state index is 13.2. The molecule has 0 bridgehead atoms. The van der Waals surface area contributed by atoms with E-state index in [9.17, 15) is 19.2 Å². The third-order valence-corrected chi connectivity index (χ3v) is 5.89. The van der Waals surface area contributed by atoms with E-state index >= 15 is 0 Å². The summed E-state index contributed by atoms with van der Waals surface area (Å²) in [5.74, 6) is -2.18. The summed E-state index contributed by atoms with van der Waals surface area (Å²) < 4.78 is 20.1. The number of carbonyl (C=O) groups is 4. The first-order chi connectivity index (χ1) is 17.8. The second-order valence-corrected chi connectivity index (χ2v) is 8.85. The molecule has 0 unspecified atom stereocenters. The molecule has 2 aromatic rings. The van der Waals surface area contributed by atoms with Gasteiger partial charge in [-0.3, -0.25) is 19.2 Å². The maximum Gasteiger partial charge on any atom is 0.274 e. The van der Waals surface area contributed by atoms with Gasteiger partial charge in [-0.1, -0.05) is 35.5 Å². The van der Waals surface area contributed by atoms with Gasteiger partial charge in [-0.05, 0) is 25.3 Å². The highest BCUT2D eigenvalue weighted by molar-refractivity contribution is 5.99. The fourth-order valence-electron chi connectivity index (χ4n) is 3.65. The van der Waals surface area contributed by atoms with E-state index in [-0.39, 0.29) is 31.3 Å². The molecule has 4 atom stereocenters. The van der Waals surface area contributed by atoms with Crippen LogP contribution in [-0.2, 0) is 35.0 Å². The summed E-state index contributed by atoms with van der Waals surface area (Å²) >= 11 is 0. The number of Topliss-reactive ketones (excluding diaryl/α,β-unsaturated/α-hetero) is 1. The van der Waals surface area contributed by atoms with Crippen LogP contribution >= 0.6 is 0 Å². The molecule has 1 fully saturated rings. The third kappa shape index (κ3) is 7.94. The Hall–Kier alpha value is -3.61. The number of amides is 3. The summed E-state index contributed by atoms with van der Waals surface area (Å²) in [5, 5.41) is 11.3. The molecule has 1 aliphatic rings. The molecule has 1 aliphatic heterocycles. The zero-order chi connectivity index (χ0) is 26.8. The predicted octanol–water partition coefficient (Wildman–Crippen LogP) is 0.0262. The number of methoxy groups -OCH3 is 2. The number of hydrogen-bond acceptors (Lipinski definition) is 9. The third-order valence-electron chi connectivity index (χ3n) is 5.89. The van der Waals surface area contributed by atoms with Gasteiger partial charge < -0.3 is 34.7 Å². The van der Waals surface area contributed by atoms with Crippen molar-refractivity contribution < 1.29 is 37.9 Å². The highest BCUT2D eigenvalue weighted by Gasteiger charge is 2.50. The fraction of sp³-hybridized carbons (Fsp3) is 0.480. The van der Waals surface area contributed by atoms with Crippen LogP contribution in [0.4, 0.5) is 0 Å². The lowest BCUT2D eigenvalue weighted by atomic mass is 9.95. The van der Waals surface area contributed by atoms with Crippen molar-refractivity contribution in [2.24, 2.45) is 0 Å². The Morgan fingerprint density at radius 2 is 1.54 bits per heavy atom. The van der Waals surface area contributed by atoms with Crippen LogP contribution in [0.2, 0.25) is 0 Å². The van der Waals surface area contributed by atoms with Crippen LogP contribution < -0.4 is 16.0 Å². The first-order valence-corrected chi connectivity index (χ1v) is 11.8. The number of ketones is 1. The molecule has 1 saturated heterocycles. The summed E-state index contributed by atoms with van der Waals surface area (Å²) in [6, 6.07) is 7.82. The average Bonchev–Trinajstić information content (AvgIpc) is 3.40. The van der Waals surface area contributed by atoms with Crippen LogP contribution in [-0.4, -0.2) is 86.4 Å². The molecule has 0 saturated carbocycles. The molecule has 12 heteroatoms. The van der Waals surface area contributed by atoms with E-state index in [0.29, 0.717) is 12.8 Å². The van der Waals surface area contributed by atoms with Gasteiger partial charge in [-0.25, -0.2) is 0 Å². The standard InChI is InChI=1S/C25H32N4O8/c1-25(15-36-25)21(30)17(10-9-16-7-5-4-6-8-16)26-23(32)19(13-34-2)28-24(33)20(14-35-3)27-22(31)18-11-12-37-29-18/h4-8,11-12,17,19-20H,9-10,13-15H2,1-3H3,(H,26,32)(H,27,31)(H,28,33)/t17-,19-,20-,25+/m0/s1. The number of benzene rings is 1. The first kappa shape index (κ1) is 28.0. The van der Waals surface area contributed by atoms with E-state index in [2.05, 4.69) is 25.6 Å². The summed E-state index contributed by atoms with van der Waals surface area (Å²) in [6.45, 7) is 1.64. The number of nitrogens with zero attached hydrogens (tertiary/aromatic N) is 1.